The van der Waals surface area contributed by atoms with Crippen molar-refractivity contribution in [2.24, 2.45) is 0 Å². The molecule has 0 aliphatic carbocycles. The summed E-state index contributed by atoms with van der Waals surface area (Å²) in [4.78, 5) is 10.7. The lowest BCUT2D eigenvalue weighted by atomic mass is 10.2. The molecule has 0 radical (unpaired) electrons. The van der Waals surface area contributed by atoms with E-state index in [1.165, 1.54) is 24.3 Å². The Morgan fingerprint density at radius 3 is 2.57 bits per heavy atom. The summed E-state index contributed by atoms with van der Waals surface area (Å²) in [5.41, 5.74) is 0.157. The highest BCUT2D eigenvalue weighted by molar-refractivity contribution is 5.69. The molecule has 0 saturated carbocycles. The Labute approximate surface area is 121 Å². The van der Waals surface area contributed by atoms with Crippen LogP contribution in [0.4, 0.5) is 15.8 Å². The topological polar surface area (TPSA) is 64.4 Å². The quantitative estimate of drug-likeness (QED) is 0.634. The molecule has 0 bridgehead atoms. The smallest absolute Gasteiger partial charge is 0.334 e. The minimum atomic E-state index is -0.571. The van der Waals surface area contributed by atoms with Crippen LogP contribution in [0.15, 0.2) is 42.5 Å². The fourth-order valence-corrected chi connectivity index (χ4v) is 1.84. The van der Waals surface area contributed by atoms with Gasteiger partial charge in [0, 0.05) is 6.54 Å². The van der Waals surface area contributed by atoms with Crippen molar-refractivity contribution in [2.75, 3.05) is 11.9 Å². The molecule has 0 aliphatic rings. The van der Waals surface area contributed by atoms with Crippen molar-refractivity contribution in [2.45, 2.75) is 13.3 Å². The molecule has 0 aliphatic heterocycles. The minimum Gasteiger partial charge on any atom is -0.447 e. The van der Waals surface area contributed by atoms with E-state index in [1.54, 1.807) is 18.2 Å². The normalized spacial score (nSPS) is 10.2. The van der Waals surface area contributed by atoms with E-state index in [2.05, 4.69) is 5.32 Å². The van der Waals surface area contributed by atoms with Crippen LogP contribution in [0.5, 0.6) is 11.5 Å². The molecule has 0 unspecified atom stereocenters. The molecule has 2 aromatic rings. The van der Waals surface area contributed by atoms with Crippen LogP contribution >= 0.6 is 0 Å². The summed E-state index contributed by atoms with van der Waals surface area (Å²) in [5.74, 6) is -0.613. The lowest BCUT2D eigenvalue weighted by Crippen LogP contribution is -2.04. The molecule has 2 rings (SSSR count). The number of nitrogens with one attached hydrogen (secondary N) is 1. The Hall–Kier alpha value is -2.63. The van der Waals surface area contributed by atoms with E-state index < -0.39 is 10.7 Å². The molecule has 21 heavy (non-hydrogen) atoms. The molecular weight excluding hydrogens is 275 g/mol. The Morgan fingerprint density at radius 1 is 1.19 bits per heavy atom. The number of ether oxygens (including phenoxy) is 1. The second kappa shape index (κ2) is 6.69. The predicted octanol–water partition coefficient (Wildman–Crippen LogP) is 4.35. The molecule has 110 valence electrons. The van der Waals surface area contributed by atoms with Gasteiger partial charge in [-0.2, -0.15) is 0 Å². The largest absolute Gasteiger partial charge is 0.447 e. The van der Waals surface area contributed by atoms with Gasteiger partial charge >= 0.3 is 5.69 Å². The van der Waals surface area contributed by atoms with Crippen molar-refractivity contribution in [1.82, 2.24) is 0 Å². The van der Waals surface area contributed by atoms with E-state index in [0.717, 1.165) is 6.42 Å². The summed E-state index contributed by atoms with van der Waals surface area (Å²) in [6.07, 6.45) is 0.829. The number of benzene rings is 2. The Bertz CT molecular complexity index is 647. The molecule has 1 N–H and O–H groups in total. The SMILES string of the molecule is CCCNc1cccc(Oc2ccccc2F)c1[N+](=O)[O-]. The van der Waals surface area contributed by atoms with E-state index >= 15 is 0 Å². The number of nitro benzene ring substituents is 1. The summed E-state index contributed by atoms with van der Waals surface area (Å²) < 4.78 is 19.0. The molecule has 5 nitrogen and oxygen atoms in total. The van der Waals surface area contributed by atoms with Crippen LogP contribution in [-0.2, 0) is 0 Å². The van der Waals surface area contributed by atoms with Crippen LogP contribution < -0.4 is 10.1 Å². The van der Waals surface area contributed by atoms with Crippen molar-refractivity contribution >= 4 is 11.4 Å². The number of hydrogen-bond donors (Lipinski definition) is 1. The van der Waals surface area contributed by atoms with Gasteiger partial charge in [-0.05, 0) is 30.7 Å². The first-order valence-corrected chi connectivity index (χ1v) is 6.57. The number of halogens is 1. The van der Waals surface area contributed by atoms with Crippen molar-refractivity contribution in [3.63, 3.8) is 0 Å². The Balaban J connectivity index is 2.39. The van der Waals surface area contributed by atoms with Gasteiger partial charge in [0.05, 0.1) is 4.92 Å². The van der Waals surface area contributed by atoms with E-state index in [0.29, 0.717) is 12.2 Å². The number of rotatable bonds is 6. The lowest BCUT2D eigenvalue weighted by molar-refractivity contribution is -0.384. The third-order valence-electron chi connectivity index (χ3n) is 2.80. The molecular formula is C15H15FN2O3. The highest BCUT2D eigenvalue weighted by Gasteiger charge is 2.22. The fraction of sp³-hybridized carbons (Fsp3) is 0.200. The monoisotopic (exact) mass is 290 g/mol. The number of nitro groups is 1. The van der Waals surface area contributed by atoms with Gasteiger partial charge in [0.2, 0.25) is 5.75 Å². The molecule has 0 aromatic heterocycles. The highest BCUT2D eigenvalue weighted by Crippen LogP contribution is 2.37. The summed E-state index contributed by atoms with van der Waals surface area (Å²) in [7, 11) is 0. The molecule has 6 heteroatoms. The summed E-state index contributed by atoms with van der Waals surface area (Å²) in [6.45, 7) is 2.56. The van der Waals surface area contributed by atoms with Crippen LogP contribution in [0, 0.1) is 15.9 Å². The van der Waals surface area contributed by atoms with Crippen LogP contribution in [-0.4, -0.2) is 11.5 Å². The molecule has 0 heterocycles. The van der Waals surface area contributed by atoms with Gasteiger partial charge in [-0.15, -0.1) is 0 Å². The van der Waals surface area contributed by atoms with E-state index in [-0.39, 0.29) is 17.2 Å². The van der Waals surface area contributed by atoms with E-state index in [9.17, 15) is 14.5 Å². The van der Waals surface area contributed by atoms with E-state index in [1.807, 2.05) is 6.92 Å². The summed E-state index contributed by atoms with van der Waals surface area (Å²) in [6, 6.07) is 10.5. The second-order valence-electron chi connectivity index (χ2n) is 4.37. The lowest BCUT2D eigenvalue weighted by Gasteiger charge is -2.11. The average Bonchev–Trinajstić information content (AvgIpc) is 2.47. The molecule has 2 aromatic carbocycles. The standard InChI is InChI=1S/C15H15FN2O3/c1-2-10-17-12-7-5-9-14(15(12)18(19)20)21-13-8-4-3-6-11(13)16/h3-9,17H,2,10H2,1H3. The number of para-hydroxylation sites is 2. The fourth-order valence-electron chi connectivity index (χ4n) is 1.84. The third-order valence-corrected chi connectivity index (χ3v) is 2.80. The van der Waals surface area contributed by atoms with Crippen LogP contribution in [0.2, 0.25) is 0 Å². The minimum absolute atomic E-state index is 0.00574. The van der Waals surface area contributed by atoms with Crippen molar-refractivity contribution in [3.8, 4) is 11.5 Å². The van der Waals surface area contributed by atoms with Gasteiger partial charge in [0.15, 0.2) is 11.6 Å². The maximum atomic E-state index is 13.6. The number of nitrogens with zero attached hydrogens (tertiary/aromatic N) is 1. The van der Waals surface area contributed by atoms with Crippen molar-refractivity contribution in [1.29, 1.82) is 0 Å². The zero-order valence-electron chi connectivity index (χ0n) is 11.5. The summed E-state index contributed by atoms with van der Waals surface area (Å²) in [5, 5.41) is 14.2. The van der Waals surface area contributed by atoms with Gasteiger partial charge in [0.1, 0.15) is 5.69 Å². The highest BCUT2D eigenvalue weighted by atomic mass is 19.1. The first kappa shape index (κ1) is 14.8. The van der Waals surface area contributed by atoms with Gasteiger partial charge in [-0.25, -0.2) is 4.39 Å². The van der Waals surface area contributed by atoms with Gasteiger partial charge in [-0.1, -0.05) is 25.1 Å². The zero-order chi connectivity index (χ0) is 15.2. The number of anilines is 1. The molecule has 0 amide bonds. The third kappa shape index (κ3) is 3.47. The maximum absolute atomic E-state index is 13.6. The second-order valence-corrected chi connectivity index (χ2v) is 4.37. The maximum Gasteiger partial charge on any atom is 0.334 e. The molecule has 0 saturated heterocycles. The van der Waals surface area contributed by atoms with Gasteiger partial charge in [-0.3, -0.25) is 10.1 Å². The number of hydrogen-bond acceptors (Lipinski definition) is 4. The first-order valence-electron chi connectivity index (χ1n) is 6.57. The molecule has 0 atom stereocenters. The van der Waals surface area contributed by atoms with Crippen molar-refractivity contribution < 1.29 is 14.1 Å². The average molecular weight is 290 g/mol. The van der Waals surface area contributed by atoms with Gasteiger partial charge < -0.3 is 10.1 Å². The summed E-state index contributed by atoms with van der Waals surface area (Å²) >= 11 is 0. The van der Waals surface area contributed by atoms with Crippen LogP contribution in [0.1, 0.15) is 13.3 Å². The van der Waals surface area contributed by atoms with Crippen LogP contribution in [0.25, 0.3) is 0 Å². The molecule has 0 spiro atoms. The van der Waals surface area contributed by atoms with Gasteiger partial charge in [0.25, 0.3) is 0 Å². The first-order chi connectivity index (χ1) is 10.1. The van der Waals surface area contributed by atoms with Crippen molar-refractivity contribution in [3.05, 3.63) is 58.4 Å². The van der Waals surface area contributed by atoms with Crippen LogP contribution in [0.3, 0.4) is 0 Å². The zero-order valence-corrected chi connectivity index (χ0v) is 11.5. The Kier molecular flexibility index (Phi) is 4.71. The Morgan fingerprint density at radius 2 is 1.90 bits per heavy atom. The van der Waals surface area contributed by atoms with E-state index in [4.69, 9.17) is 4.74 Å². The molecule has 0 fully saturated rings. The predicted molar refractivity (Wildman–Crippen MR) is 78.4 cm³/mol.